The molecule has 1 aromatic carbocycles. The van der Waals surface area contributed by atoms with Crippen LogP contribution in [-0.4, -0.2) is 38.6 Å². The fraction of sp³-hybridized carbons (Fsp3) is 0.571. The molecule has 0 aromatic heterocycles. The Balaban J connectivity index is 2.91. The van der Waals surface area contributed by atoms with Crippen LogP contribution in [0.15, 0.2) is 12.1 Å². The van der Waals surface area contributed by atoms with E-state index < -0.39 is 5.60 Å². The topological polar surface area (TPSA) is 60.0 Å². The third kappa shape index (κ3) is 4.61. The first-order valence-electron chi connectivity index (χ1n) is 6.13. The summed E-state index contributed by atoms with van der Waals surface area (Å²) in [5.41, 5.74) is 0.141. The predicted molar refractivity (Wildman–Crippen MR) is 74.1 cm³/mol. The molecule has 2 N–H and O–H groups in total. The second-order valence-corrected chi connectivity index (χ2v) is 4.93. The van der Waals surface area contributed by atoms with E-state index >= 15 is 0 Å². The minimum absolute atomic E-state index is 0.478. The van der Waals surface area contributed by atoms with Crippen molar-refractivity contribution in [2.24, 2.45) is 0 Å². The van der Waals surface area contributed by atoms with E-state index in [1.165, 1.54) is 0 Å². The number of nitrogens with one attached hydrogen (secondary N) is 1. The van der Waals surface area contributed by atoms with E-state index in [-0.39, 0.29) is 0 Å². The van der Waals surface area contributed by atoms with Crippen LogP contribution in [-0.2, 0) is 6.54 Å². The Morgan fingerprint density at radius 3 is 1.95 bits per heavy atom. The highest BCUT2D eigenvalue weighted by molar-refractivity contribution is 5.50. The molecule has 19 heavy (non-hydrogen) atoms. The molecule has 0 saturated heterocycles. The SMILES string of the molecule is COc1cc(OC)c(CNCC(C)(C)O)c(OC)c1. The molecule has 0 aliphatic rings. The van der Waals surface area contributed by atoms with Gasteiger partial charge in [-0.05, 0) is 13.8 Å². The maximum atomic E-state index is 9.69. The fourth-order valence-electron chi connectivity index (χ4n) is 1.75. The highest BCUT2D eigenvalue weighted by atomic mass is 16.5. The van der Waals surface area contributed by atoms with Crippen LogP contribution in [0.1, 0.15) is 19.4 Å². The highest BCUT2D eigenvalue weighted by Crippen LogP contribution is 2.33. The van der Waals surface area contributed by atoms with Crippen LogP contribution in [0, 0.1) is 0 Å². The van der Waals surface area contributed by atoms with Gasteiger partial charge in [0.25, 0.3) is 0 Å². The summed E-state index contributed by atoms with van der Waals surface area (Å²) in [6.45, 7) is 4.52. The highest BCUT2D eigenvalue weighted by Gasteiger charge is 2.15. The van der Waals surface area contributed by atoms with Gasteiger partial charge in [0.1, 0.15) is 17.2 Å². The van der Waals surface area contributed by atoms with Gasteiger partial charge >= 0.3 is 0 Å². The summed E-state index contributed by atoms with van der Waals surface area (Å²) in [6, 6.07) is 3.62. The van der Waals surface area contributed by atoms with Gasteiger partial charge in [0.15, 0.2) is 0 Å². The number of methoxy groups -OCH3 is 3. The van der Waals surface area contributed by atoms with Crippen molar-refractivity contribution < 1.29 is 19.3 Å². The van der Waals surface area contributed by atoms with Gasteiger partial charge in [-0.25, -0.2) is 0 Å². The molecule has 0 heterocycles. The van der Waals surface area contributed by atoms with Gasteiger partial charge in [-0.3, -0.25) is 0 Å². The smallest absolute Gasteiger partial charge is 0.130 e. The summed E-state index contributed by atoms with van der Waals surface area (Å²) in [5.74, 6) is 2.07. The van der Waals surface area contributed by atoms with Gasteiger partial charge in [0.05, 0.1) is 32.5 Å². The Labute approximate surface area is 114 Å². The van der Waals surface area contributed by atoms with Crippen LogP contribution in [0.5, 0.6) is 17.2 Å². The molecule has 0 fully saturated rings. The Kier molecular flexibility index (Phi) is 5.44. The number of rotatable bonds is 7. The van der Waals surface area contributed by atoms with Crippen LogP contribution in [0.3, 0.4) is 0 Å². The first-order valence-corrected chi connectivity index (χ1v) is 6.13. The maximum absolute atomic E-state index is 9.69. The molecule has 108 valence electrons. The monoisotopic (exact) mass is 269 g/mol. The maximum Gasteiger partial charge on any atom is 0.130 e. The normalized spacial score (nSPS) is 11.3. The van der Waals surface area contributed by atoms with E-state index in [1.807, 2.05) is 12.1 Å². The predicted octanol–water partition coefficient (Wildman–Crippen LogP) is 1.57. The van der Waals surface area contributed by atoms with Crippen molar-refractivity contribution in [3.8, 4) is 17.2 Å². The molecule has 5 heteroatoms. The lowest BCUT2D eigenvalue weighted by atomic mass is 10.1. The van der Waals surface area contributed by atoms with E-state index in [1.54, 1.807) is 35.2 Å². The van der Waals surface area contributed by atoms with Crippen molar-refractivity contribution >= 4 is 0 Å². The lowest BCUT2D eigenvalue weighted by Gasteiger charge is -2.20. The molecule has 0 aliphatic carbocycles. The average Bonchev–Trinajstić information content (AvgIpc) is 2.37. The van der Waals surface area contributed by atoms with Crippen LogP contribution in [0.2, 0.25) is 0 Å². The summed E-state index contributed by atoms with van der Waals surface area (Å²) in [4.78, 5) is 0. The molecule has 0 aliphatic heterocycles. The van der Waals surface area contributed by atoms with Gasteiger partial charge in [-0.15, -0.1) is 0 Å². The fourth-order valence-corrected chi connectivity index (χ4v) is 1.75. The van der Waals surface area contributed by atoms with E-state index in [9.17, 15) is 5.11 Å². The second-order valence-electron chi connectivity index (χ2n) is 4.93. The molecule has 0 bridgehead atoms. The van der Waals surface area contributed by atoms with E-state index in [4.69, 9.17) is 14.2 Å². The number of benzene rings is 1. The van der Waals surface area contributed by atoms with E-state index in [0.717, 1.165) is 5.56 Å². The Morgan fingerprint density at radius 2 is 1.58 bits per heavy atom. The number of ether oxygens (including phenoxy) is 3. The summed E-state index contributed by atoms with van der Waals surface area (Å²) >= 11 is 0. The molecule has 1 aromatic rings. The third-order valence-corrected chi connectivity index (χ3v) is 2.68. The Morgan fingerprint density at radius 1 is 1.05 bits per heavy atom. The number of hydrogen-bond acceptors (Lipinski definition) is 5. The molecule has 1 rings (SSSR count). The zero-order valence-electron chi connectivity index (χ0n) is 12.2. The first kappa shape index (κ1) is 15.6. The van der Waals surface area contributed by atoms with E-state index in [0.29, 0.717) is 30.3 Å². The molecule has 0 atom stereocenters. The summed E-state index contributed by atoms with van der Waals surface area (Å²) in [6.07, 6.45) is 0. The van der Waals surface area contributed by atoms with Crippen LogP contribution in [0.4, 0.5) is 0 Å². The minimum atomic E-state index is -0.757. The lowest BCUT2D eigenvalue weighted by molar-refractivity contribution is 0.0793. The van der Waals surface area contributed by atoms with Gasteiger partial charge in [-0.1, -0.05) is 0 Å². The molecule has 5 nitrogen and oxygen atoms in total. The molecular formula is C14H23NO4. The molecule has 0 saturated carbocycles. The molecule has 0 radical (unpaired) electrons. The number of hydrogen-bond donors (Lipinski definition) is 2. The third-order valence-electron chi connectivity index (χ3n) is 2.68. The summed E-state index contributed by atoms with van der Waals surface area (Å²) in [5, 5.41) is 12.9. The van der Waals surface area contributed by atoms with Crippen LogP contribution >= 0.6 is 0 Å². The standard InChI is InChI=1S/C14H23NO4/c1-14(2,16)9-15-8-11-12(18-4)6-10(17-3)7-13(11)19-5/h6-7,15-16H,8-9H2,1-5H3. The summed E-state index contributed by atoms with van der Waals surface area (Å²) < 4.78 is 15.9. The van der Waals surface area contributed by atoms with Crippen molar-refractivity contribution in [1.82, 2.24) is 5.32 Å². The lowest BCUT2D eigenvalue weighted by Crippen LogP contribution is -2.34. The van der Waals surface area contributed by atoms with Crippen molar-refractivity contribution in [1.29, 1.82) is 0 Å². The van der Waals surface area contributed by atoms with Crippen molar-refractivity contribution in [2.45, 2.75) is 26.0 Å². The second kappa shape index (κ2) is 6.63. The Hall–Kier alpha value is -1.46. The van der Waals surface area contributed by atoms with Gasteiger partial charge in [-0.2, -0.15) is 0 Å². The minimum Gasteiger partial charge on any atom is -0.496 e. The Bertz CT molecular complexity index is 387. The first-order chi connectivity index (χ1) is 8.91. The molecule has 0 amide bonds. The van der Waals surface area contributed by atoms with Crippen molar-refractivity contribution in [3.05, 3.63) is 17.7 Å². The van der Waals surface area contributed by atoms with Gasteiger partial charge < -0.3 is 24.6 Å². The zero-order chi connectivity index (χ0) is 14.5. The zero-order valence-corrected chi connectivity index (χ0v) is 12.2. The quantitative estimate of drug-likeness (QED) is 0.787. The average molecular weight is 269 g/mol. The van der Waals surface area contributed by atoms with Crippen LogP contribution < -0.4 is 19.5 Å². The summed E-state index contributed by atoms with van der Waals surface area (Å²) in [7, 11) is 4.81. The number of aliphatic hydroxyl groups is 1. The molecule has 0 unspecified atom stereocenters. The van der Waals surface area contributed by atoms with Crippen molar-refractivity contribution in [2.75, 3.05) is 27.9 Å². The van der Waals surface area contributed by atoms with Gasteiger partial charge in [0.2, 0.25) is 0 Å². The van der Waals surface area contributed by atoms with E-state index in [2.05, 4.69) is 5.32 Å². The molecular weight excluding hydrogens is 246 g/mol. The largest absolute Gasteiger partial charge is 0.496 e. The van der Waals surface area contributed by atoms with Crippen LogP contribution in [0.25, 0.3) is 0 Å². The van der Waals surface area contributed by atoms with Gasteiger partial charge in [0, 0.05) is 25.2 Å². The van der Waals surface area contributed by atoms with Crippen molar-refractivity contribution in [3.63, 3.8) is 0 Å². The molecule has 0 spiro atoms.